The van der Waals surface area contributed by atoms with E-state index in [1.165, 1.54) is 11.3 Å². The zero-order chi connectivity index (χ0) is 22.8. The zero-order valence-corrected chi connectivity index (χ0v) is 18.7. The van der Waals surface area contributed by atoms with E-state index in [1.54, 1.807) is 6.20 Å². The molecule has 11 heteroatoms. The van der Waals surface area contributed by atoms with E-state index in [9.17, 15) is 9.59 Å². The molecule has 3 aromatic heterocycles. The van der Waals surface area contributed by atoms with Crippen LogP contribution in [-0.2, 0) is 14.3 Å². The highest BCUT2D eigenvalue weighted by Crippen LogP contribution is 2.37. The molecule has 33 heavy (non-hydrogen) atoms. The van der Waals surface area contributed by atoms with Crippen molar-refractivity contribution in [2.45, 2.75) is 19.3 Å². The fourth-order valence-electron chi connectivity index (χ4n) is 3.87. The van der Waals surface area contributed by atoms with Crippen molar-refractivity contribution in [1.82, 2.24) is 20.2 Å². The van der Waals surface area contributed by atoms with Crippen molar-refractivity contribution in [3.63, 3.8) is 0 Å². The van der Waals surface area contributed by atoms with Crippen LogP contribution in [0.15, 0.2) is 30.5 Å². The topological polar surface area (TPSA) is 139 Å². The maximum atomic E-state index is 12.3. The van der Waals surface area contributed by atoms with Crippen LogP contribution in [0.3, 0.4) is 0 Å². The normalized spacial score (nSPS) is 14.1. The van der Waals surface area contributed by atoms with Gasteiger partial charge in [-0.2, -0.15) is 5.10 Å². The van der Waals surface area contributed by atoms with Crippen molar-refractivity contribution < 1.29 is 14.3 Å². The third-order valence-electron chi connectivity index (χ3n) is 5.48. The molecule has 1 aliphatic rings. The minimum Gasteiger partial charge on any atom is -0.378 e. The Hall–Kier alpha value is -3.57. The number of nitrogens with zero attached hydrogens (tertiary/aromatic N) is 4. The van der Waals surface area contributed by atoms with Gasteiger partial charge in [-0.05, 0) is 18.6 Å². The van der Waals surface area contributed by atoms with Gasteiger partial charge in [-0.3, -0.25) is 14.7 Å². The molecular weight excluding hydrogens is 442 g/mol. The molecule has 0 atom stereocenters. The molecule has 0 spiro atoms. The molecule has 0 radical (unpaired) electrons. The predicted molar refractivity (Wildman–Crippen MR) is 127 cm³/mol. The number of H-pyrrole nitrogens is 1. The summed E-state index contributed by atoms with van der Waals surface area (Å²) in [6, 6.07) is 7.76. The number of thiophene rings is 1. The number of fused-ring (bicyclic) bond motifs is 2. The summed E-state index contributed by atoms with van der Waals surface area (Å²) in [6.45, 7) is 2.72. The monoisotopic (exact) mass is 465 g/mol. The van der Waals surface area contributed by atoms with Gasteiger partial charge in [-0.15, -0.1) is 11.3 Å². The molecule has 1 aromatic carbocycles. The number of ether oxygens (including phenoxy) is 1. The number of morpholine rings is 1. The van der Waals surface area contributed by atoms with E-state index in [0.717, 1.165) is 45.6 Å². The van der Waals surface area contributed by atoms with Gasteiger partial charge in [0.25, 0.3) is 0 Å². The van der Waals surface area contributed by atoms with Crippen molar-refractivity contribution in [1.29, 1.82) is 0 Å². The highest BCUT2D eigenvalue weighted by molar-refractivity contribution is 7.23. The van der Waals surface area contributed by atoms with E-state index in [2.05, 4.69) is 20.4 Å². The number of hydrogen-bond donors (Lipinski definition) is 3. The molecule has 4 N–H and O–H groups in total. The number of nitrogens with one attached hydrogen (secondary N) is 2. The molecule has 0 aliphatic carbocycles. The van der Waals surface area contributed by atoms with Crippen LogP contribution in [0.5, 0.6) is 0 Å². The van der Waals surface area contributed by atoms with Crippen LogP contribution < -0.4 is 16.0 Å². The molecular formula is C22H23N7O3S. The Morgan fingerprint density at radius 2 is 2.06 bits per heavy atom. The van der Waals surface area contributed by atoms with E-state index in [-0.39, 0.29) is 18.7 Å². The van der Waals surface area contributed by atoms with Crippen LogP contribution in [0.2, 0.25) is 0 Å². The van der Waals surface area contributed by atoms with E-state index >= 15 is 0 Å². The Morgan fingerprint density at radius 3 is 2.88 bits per heavy atom. The van der Waals surface area contributed by atoms with Gasteiger partial charge >= 0.3 is 0 Å². The van der Waals surface area contributed by atoms with Crippen molar-refractivity contribution in [2.75, 3.05) is 36.5 Å². The smallest absolute Gasteiger partial charge is 0.224 e. The van der Waals surface area contributed by atoms with Crippen LogP contribution in [0.4, 0.5) is 10.8 Å². The number of benzene rings is 1. The van der Waals surface area contributed by atoms with Crippen molar-refractivity contribution in [2.24, 2.45) is 5.73 Å². The molecule has 4 heterocycles. The standard InChI is InChI=1S/C22H23N7O3S/c23-17(30)5-2-6-18(31)26-19-11-16-20(33-19)22(29-7-9-32-10-8-29)27-21(25-16)13-3-1-4-15-14(13)12-24-28-15/h1,3-4,11-12H,2,5-10H2,(H2,23,30)(H,24,28)(H,26,31). The van der Waals surface area contributed by atoms with Gasteiger partial charge in [-0.25, -0.2) is 9.97 Å². The van der Waals surface area contributed by atoms with Gasteiger partial charge in [0.2, 0.25) is 11.8 Å². The summed E-state index contributed by atoms with van der Waals surface area (Å²) in [7, 11) is 0. The number of carbonyl (C=O) groups excluding carboxylic acids is 2. The number of aromatic nitrogens is 4. The van der Waals surface area contributed by atoms with E-state index in [1.807, 2.05) is 24.3 Å². The SMILES string of the molecule is NC(=O)CCCC(=O)Nc1cc2nc(-c3cccc4[nH]ncc34)nc(N3CCOCC3)c2s1. The fourth-order valence-corrected chi connectivity index (χ4v) is 4.90. The number of primary amides is 1. The fraction of sp³-hybridized carbons (Fsp3) is 0.318. The molecule has 4 aromatic rings. The average Bonchev–Trinajstić information content (AvgIpc) is 3.45. The second kappa shape index (κ2) is 9.12. The van der Waals surface area contributed by atoms with Gasteiger partial charge in [-0.1, -0.05) is 12.1 Å². The number of rotatable bonds is 7. The number of nitrogens with two attached hydrogens (primary N) is 1. The molecule has 170 valence electrons. The average molecular weight is 466 g/mol. The van der Waals surface area contributed by atoms with Crippen molar-refractivity contribution in [3.05, 3.63) is 30.5 Å². The zero-order valence-electron chi connectivity index (χ0n) is 17.8. The number of amides is 2. The lowest BCUT2D eigenvalue weighted by atomic mass is 10.1. The third-order valence-corrected chi connectivity index (χ3v) is 6.52. The largest absolute Gasteiger partial charge is 0.378 e. The molecule has 0 bridgehead atoms. The first-order valence-corrected chi connectivity index (χ1v) is 11.5. The maximum absolute atomic E-state index is 12.3. The van der Waals surface area contributed by atoms with Gasteiger partial charge in [0.15, 0.2) is 11.6 Å². The molecule has 0 saturated carbocycles. The molecule has 1 fully saturated rings. The van der Waals surface area contributed by atoms with Crippen molar-refractivity contribution >= 4 is 55.1 Å². The van der Waals surface area contributed by atoms with Crippen LogP contribution >= 0.6 is 11.3 Å². The third kappa shape index (κ3) is 4.50. The van der Waals surface area contributed by atoms with Gasteiger partial charge in [0.05, 0.1) is 40.1 Å². The highest BCUT2D eigenvalue weighted by atomic mass is 32.1. The summed E-state index contributed by atoms with van der Waals surface area (Å²) >= 11 is 1.45. The molecule has 5 rings (SSSR count). The highest BCUT2D eigenvalue weighted by Gasteiger charge is 2.21. The molecule has 2 amide bonds. The van der Waals surface area contributed by atoms with Crippen LogP contribution in [0.1, 0.15) is 19.3 Å². The Labute approximate surface area is 193 Å². The predicted octanol–water partition coefficient (Wildman–Crippen LogP) is 2.67. The Bertz CT molecular complexity index is 1330. The number of anilines is 2. The van der Waals surface area contributed by atoms with Gasteiger partial charge < -0.3 is 20.7 Å². The lowest BCUT2D eigenvalue weighted by Crippen LogP contribution is -2.36. The summed E-state index contributed by atoms with van der Waals surface area (Å²) in [5.41, 5.74) is 7.72. The second-order valence-electron chi connectivity index (χ2n) is 7.80. The number of carbonyl (C=O) groups is 2. The van der Waals surface area contributed by atoms with Gasteiger partial charge in [0.1, 0.15) is 0 Å². The molecule has 10 nitrogen and oxygen atoms in total. The first-order valence-electron chi connectivity index (χ1n) is 10.7. The Morgan fingerprint density at radius 1 is 1.21 bits per heavy atom. The van der Waals surface area contributed by atoms with Gasteiger partial charge in [0, 0.05) is 36.9 Å². The first-order chi connectivity index (χ1) is 16.1. The molecule has 1 aliphatic heterocycles. The quantitative estimate of drug-likeness (QED) is 0.381. The maximum Gasteiger partial charge on any atom is 0.224 e. The summed E-state index contributed by atoms with van der Waals surface area (Å²) in [5, 5.41) is 11.7. The summed E-state index contributed by atoms with van der Waals surface area (Å²) < 4.78 is 6.43. The second-order valence-corrected chi connectivity index (χ2v) is 8.85. The van der Waals surface area contributed by atoms with E-state index in [0.29, 0.717) is 30.5 Å². The lowest BCUT2D eigenvalue weighted by molar-refractivity contribution is -0.118. The molecule has 0 unspecified atom stereocenters. The summed E-state index contributed by atoms with van der Waals surface area (Å²) in [4.78, 5) is 35.2. The summed E-state index contributed by atoms with van der Waals surface area (Å²) in [6.07, 6.45) is 2.62. The number of aromatic amines is 1. The summed E-state index contributed by atoms with van der Waals surface area (Å²) in [5.74, 6) is 0.869. The van der Waals surface area contributed by atoms with E-state index < -0.39 is 5.91 Å². The molecule has 1 saturated heterocycles. The number of hydrogen-bond acceptors (Lipinski definition) is 8. The van der Waals surface area contributed by atoms with E-state index in [4.69, 9.17) is 20.4 Å². The minimum atomic E-state index is -0.407. The lowest BCUT2D eigenvalue weighted by Gasteiger charge is -2.28. The van der Waals surface area contributed by atoms with Crippen LogP contribution in [0.25, 0.3) is 32.5 Å². The minimum absolute atomic E-state index is 0.160. The van der Waals surface area contributed by atoms with Crippen molar-refractivity contribution in [3.8, 4) is 11.4 Å². The van der Waals surface area contributed by atoms with Crippen LogP contribution in [0, 0.1) is 0 Å². The Kier molecular flexibility index (Phi) is 5.88. The first kappa shape index (κ1) is 21.3. The Balaban J connectivity index is 1.52. The van der Waals surface area contributed by atoms with Crippen LogP contribution in [-0.4, -0.2) is 58.3 Å².